The summed E-state index contributed by atoms with van der Waals surface area (Å²) < 4.78 is 5.94. The third kappa shape index (κ3) is 4.92. The Morgan fingerprint density at radius 3 is 2.15 bits per heavy atom. The summed E-state index contributed by atoms with van der Waals surface area (Å²) in [6.07, 6.45) is 7.45. The van der Waals surface area contributed by atoms with Crippen molar-refractivity contribution in [2.75, 3.05) is 19.7 Å². The molecule has 4 aliphatic rings. The third-order valence-corrected chi connectivity index (χ3v) is 7.81. The summed E-state index contributed by atoms with van der Waals surface area (Å²) in [5, 5.41) is 5.99. The number of rotatable bonds is 9. The monoisotopic (exact) mass is 446 g/mol. The average Bonchev–Trinajstić information content (AvgIpc) is 2.82. The molecule has 2 aromatic carbocycles. The van der Waals surface area contributed by atoms with Crippen LogP contribution in [0.15, 0.2) is 54.6 Å². The zero-order chi connectivity index (χ0) is 22.7. The van der Waals surface area contributed by atoms with Crippen LogP contribution in [0, 0.1) is 23.2 Å². The van der Waals surface area contributed by atoms with Gasteiger partial charge in [0.05, 0.1) is 6.54 Å². The molecule has 0 radical (unpaired) electrons. The fraction of sp³-hybridized carbons (Fsp3) is 0.500. The quantitative estimate of drug-likeness (QED) is 0.555. The normalized spacial score (nSPS) is 27.2. The Kier molecular flexibility index (Phi) is 6.39. The zero-order valence-corrected chi connectivity index (χ0v) is 19.2. The second-order valence-corrected chi connectivity index (χ2v) is 10.3. The van der Waals surface area contributed by atoms with Crippen LogP contribution in [0.4, 0.5) is 0 Å². The molecular formula is C28H34N2O3. The van der Waals surface area contributed by atoms with Crippen molar-refractivity contribution in [1.29, 1.82) is 0 Å². The molecule has 0 aliphatic heterocycles. The predicted molar refractivity (Wildman–Crippen MR) is 129 cm³/mol. The molecule has 4 aliphatic carbocycles. The van der Waals surface area contributed by atoms with Gasteiger partial charge in [-0.2, -0.15) is 0 Å². The number of hydrogen-bond donors (Lipinski definition) is 2. The summed E-state index contributed by atoms with van der Waals surface area (Å²) in [6, 6.07) is 18.1. The summed E-state index contributed by atoms with van der Waals surface area (Å²) in [7, 11) is 0. The Balaban J connectivity index is 1.03. The first-order chi connectivity index (χ1) is 16.1. The topological polar surface area (TPSA) is 67.4 Å². The van der Waals surface area contributed by atoms with E-state index in [2.05, 4.69) is 22.8 Å². The maximum absolute atomic E-state index is 13.0. The van der Waals surface area contributed by atoms with Crippen LogP contribution in [0.3, 0.4) is 0 Å². The molecule has 6 rings (SSSR count). The molecular weight excluding hydrogens is 412 g/mol. The highest BCUT2D eigenvalue weighted by Crippen LogP contribution is 2.60. The van der Waals surface area contributed by atoms with E-state index in [1.807, 2.05) is 42.5 Å². The summed E-state index contributed by atoms with van der Waals surface area (Å²) in [5.41, 5.74) is 1.99. The van der Waals surface area contributed by atoms with Crippen LogP contribution in [0.2, 0.25) is 0 Å². The van der Waals surface area contributed by atoms with E-state index in [9.17, 15) is 9.59 Å². The highest BCUT2D eigenvalue weighted by molar-refractivity contribution is 5.84. The number of carbonyl (C=O) groups is 2. The fourth-order valence-corrected chi connectivity index (χ4v) is 6.75. The van der Waals surface area contributed by atoms with Gasteiger partial charge >= 0.3 is 0 Å². The van der Waals surface area contributed by atoms with E-state index in [4.69, 9.17) is 4.74 Å². The second kappa shape index (κ2) is 9.58. The highest BCUT2D eigenvalue weighted by Gasteiger charge is 2.54. The maximum Gasteiger partial charge on any atom is 0.226 e. The van der Waals surface area contributed by atoms with E-state index in [0.717, 1.165) is 53.9 Å². The number of para-hydroxylation sites is 1. The lowest BCUT2D eigenvalue weighted by Crippen LogP contribution is -2.53. The summed E-state index contributed by atoms with van der Waals surface area (Å²) in [4.78, 5) is 25.2. The first kappa shape index (κ1) is 22.0. The molecule has 0 spiro atoms. The first-order valence-electron chi connectivity index (χ1n) is 12.4. The summed E-state index contributed by atoms with van der Waals surface area (Å²) >= 11 is 0. The molecule has 4 saturated carbocycles. The summed E-state index contributed by atoms with van der Waals surface area (Å²) in [6.45, 7) is 1.24. The molecule has 4 bridgehead atoms. The minimum atomic E-state index is -0.148. The van der Waals surface area contributed by atoms with Gasteiger partial charge < -0.3 is 15.4 Å². The van der Waals surface area contributed by atoms with E-state index in [0.29, 0.717) is 26.1 Å². The van der Waals surface area contributed by atoms with Gasteiger partial charge in [0, 0.05) is 23.9 Å². The lowest BCUT2D eigenvalue weighted by molar-refractivity contribution is -0.146. The van der Waals surface area contributed by atoms with Gasteiger partial charge in [-0.25, -0.2) is 0 Å². The van der Waals surface area contributed by atoms with Gasteiger partial charge in [-0.05, 0) is 67.9 Å². The van der Waals surface area contributed by atoms with Crippen LogP contribution < -0.4 is 15.4 Å². The van der Waals surface area contributed by atoms with E-state index in [1.165, 1.54) is 19.3 Å². The molecule has 4 fully saturated rings. The molecule has 0 unspecified atom stereocenters. The van der Waals surface area contributed by atoms with E-state index in [-0.39, 0.29) is 17.2 Å². The molecule has 5 heteroatoms. The van der Waals surface area contributed by atoms with Gasteiger partial charge in [-0.1, -0.05) is 48.5 Å². The van der Waals surface area contributed by atoms with E-state index >= 15 is 0 Å². The van der Waals surface area contributed by atoms with E-state index < -0.39 is 0 Å². The standard InChI is InChI=1S/C28H34N2O3/c31-26(10-11-30-27(32)28-17-20-14-21(18-28)16-22(15-20)19-28)29-12-13-33-25-9-5-4-8-24(25)23-6-2-1-3-7-23/h1-9,20-22H,10-19H2,(H,29,31)(H,30,32). The van der Waals surface area contributed by atoms with Crippen LogP contribution in [-0.2, 0) is 9.59 Å². The minimum absolute atomic E-state index is 0.0549. The largest absolute Gasteiger partial charge is 0.491 e. The number of nitrogens with one attached hydrogen (secondary N) is 2. The van der Waals surface area contributed by atoms with Crippen molar-refractivity contribution in [2.24, 2.45) is 23.2 Å². The smallest absolute Gasteiger partial charge is 0.226 e. The number of amides is 2. The van der Waals surface area contributed by atoms with Crippen LogP contribution in [0.5, 0.6) is 5.75 Å². The minimum Gasteiger partial charge on any atom is -0.491 e. The van der Waals surface area contributed by atoms with Gasteiger partial charge in [-0.3, -0.25) is 9.59 Å². The molecule has 0 heterocycles. The maximum atomic E-state index is 13.0. The number of benzene rings is 2. The van der Waals surface area contributed by atoms with Gasteiger partial charge in [0.2, 0.25) is 11.8 Å². The van der Waals surface area contributed by atoms with Crippen molar-refractivity contribution >= 4 is 11.8 Å². The Hall–Kier alpha value is -2.82. The van der Waals surface area contributed by atoms with Crippen molar-refractivity contribution in [1.82, 2.24) is 10.6 Å². The fourth-order valence-electron chi connectivity index (χ4n) is 6.75. The molecule has 0 saturated heterocycles. The Morgan fingerprint density at radius 2 is 1.45 bits per heavy atom. The number of hydrogen-bond acceptors (Lipinski definition) is 3. The third-order valence-electron chi connectivity index (χ3n) is 7.81. The van der Waals surface area contributed by atoms with Crippen molar-refractivity contribution in [3.63, 3.8) is 0 Å². The van der Waals surface area contributed by atoms with Crippen LogP contribution in [0.25, 0.3) is 11.1 Å². The van der Waals surface area contributed by atoms with Crippen molar-refractivity contribution < 1.29 is 14.3 Å². The Labute approximate surface area is 196 Å². The highest BCUT2D eigenvalue weighted by atomic mass is 16.5. The molecule has 2 aromatic rings. The number of ether oxygens (including phenoxy) is 1. The SMILES string of the molecule is O=C(CCNC(=O)C12CC3CC(CC(C3)C1)C2)NCCOc1ccccc1-c1ccccc1. The van der Waals surface area contributed by atoms with Crippen molar-refractivity contribution in [3.8, 4) is 16.9 Å². The van der Waals surface area contributed by atoms with Gasteiger partial charge in [0.15, 0.2) is 0 Å². The Bertz CT molecular complexity index is 952. The lowest BCUT2D eigenvalue weighted by atomic mass is 9.49. The first-order valence-corrected chi connectivity index (χ1v) is 12.4. The number of carbonyl (C=O) groups excluding carboxylic acids is 2. The molecule has 0 atom stereocenters. The molecule has 33 heavy (non-hydrogen) atoms. The van der Waals surface area contributed by atoms with Gasteiger partial charge in [0.25, 0.3) is 0 Å². The predicted octanol–water partition coefficient (Wildman–Crippen LogP) is 4.57. The molecule has 2 amide bonds. The molecule has 174 valence electrons. The van der Waals surface area contributed by atoms with Crippen LogP contribution in [0.1, 0.15) is 44.9 Å². The summed E-state index contributed by atoms with van der Waals surface area (Å²) in [5.74, 6) is 3.18. The second-order valence-electron chi connectivity index (χ2n) is 10.3. The van der Waals surface area contributed by atoms with Crippen LogP contribution >= 0.6 is 0 Å². The molecule has 5 nitrogen and oxygen atoms in total. The molecule has 2 N–H and O–H groups in total. The average molecular weight is 447 g/mol. The Morgan fingerprint density at radius 1 is 0.818 bits per heavy atom. The zero-order valence-electron chi connectivity index (χ0n) is 19.2. The lowest BCUT2D eigenvalue weighted by Gasteiger charge is -2.55. The van der Waals surface area contributed by atoms with E-state index in [1.54, 1.807) is 0 Å². The van der Waals surface area contributed by atoms with Gasteiger partial charge in [-0.15, -0.1) is 0 Å². The van der Waals surface area contributed by atoms with Gasteiger partial charge in [0.1, 0.15) is 12.4 Å². The van der Waals surface area contributed by atoms with Crippen molar-refractivity contribution in [3.05, 3.63) is 54.6 Å². The van der Waals surface area contributed by atoms with Crippen LogP contribution in [-0.4, -0.2) is 31.5 Å². The van der Waals surface area contributed by atoms with Crippen molar-refractivity contribution in [2.45, 2.75) is 44.9 Å². The molecule has 0 aromatic heterocycles.